The molecule has 3 nitrogen and oxygen atoms in total. The van der Waals surface area contributed by atoms with Gasteiger partial charge in [-0.2, -0.15) is 0 Å². The molecule has 3 rings (SSSR count). The zero-order valence-electron chi connectivity index (χ0n) is 11.0. The second-order valence-corrected chi connectivity index (χ2v) is 9.29. The van der Waals surface area contributed by atoms with E-state index in [1.807, 2.05) is 0 Å². The van der Waals surface area contributed by atoms with Crippen molar-refractivity contribution in [1.29, 1.82) is 0 Å². The first-order chi connectivity index (χ1) is 9.62. The molecule has 2 aromatic heterocycles. The van der Waals surface area contributed by atoms with Crippen molar-refractivity contribution in [2.45, 2.75) is 25.4 Å². The Kier molecular flexibility index (Phi) is 4.26. The molecule has 0 saturated carbocycles. The summed E-state index contributed by atoms with van der Waals surface area (Å²) in [6.07, 6.45) is 1.74. The van der Waals surface area contributed by atoms with Crippen molar-refractivity contribution in [3.63, 3.8) is 0 Å². The number of thiophene rings is 2. The highest BCUT2D eigenvalue weighted by atomic mass is 32.2. The molecule has 3 heterocycles. The van der Waals surface area contributed by atoms with Crippen LogP contribution in [0.4, 0.5) is 0 Å². The summed E-state index contributed by atoms with van der Waals surface area (Å²) in [5.41, 5.74) is 1.26. The fourth-order valence-electron chi connectivity index (χ4n) is 2.47. The maximum Gasteiger partial charge on any atom is 0.151 e. The van der Waals surface area contributed by atoms with E-state index in [0.717, 1.165) is 19.4 Å². The summed E-state index contributed by atoms with van der Waals surface area (Å²) in [5.74, 6) is 0.642. The normalized spacial score (nSPS) is 21.9. The average molecular weight is 327 g/mol. The number of rotatable bonds is 4. The first-order valence-corrected chi connectivity index (χ1v) is 10.3. The van der Waals surface area contributed by atoms with E-state index < -0.39 is 9.84 Å². The first kappa shape index (κ1) is 14.3. The molecule has 1 aliphatic rings. The second kappa shape index (κ2) is 5.97. The lowest BCUT2D eigenvalue weighted by molar-refractivity contribution is 0.482. The van der Waals surface area contributed by atoms with Gasteiger partial charge in [0.05, 0.1) is 11.5 Å². The van der Waals surface area contributed by atoms with Gasteiger partial charge in [0.25, 0.3) is 0 Å². The van der Waals surface area contributed by atoms with Crippen LogP contribution in [0.25, 0.3) is 10.4 Å². The molecule has 1 N–H and O–H groups in total. The third-order valence-corrected chi connectivity index (χ3v) is 7.16. The third-order valence-electron chi connectivity index (χ3n) is 3.49. The van der Waals surface area contributed by atoms with Crippen LogP contribution in [0.3, 0.4) is 0 Å². The number of nitrogens with one attached hydrogen (secondary N) is 1. The van der Waals surface area contributed by atoms with Gasteiger partial charge in [0.2, 0.25) is 0 Å². The summed E-state index contributed by atoms with van der Waals surface area (Å²) in [7, 11) is -2.82. The van der Waals surface area contributed by atoms with E-state index in [1.54, 1.807) is 22.7 Å². The van der Waals surface area contributed by atoms with Gasteiger partial charge >= 0.3 is 0 Å². The molecule has 108 valence electrons. The zero-order chi connectivity index (χ0) is 14.0. The van der Waals surface area contributed by atoms with Crippen molar-refractivity contribution < 1.29 is 8.42 Å². The summed E-state index contributed by atoms with van der Waals surface area (Å²) in [5, 5.41) is 7.64. The highest BCUT2D eigenvalue weighted by Gasteiger charge is 2.24. The Morgan fingerprint density at radius 2 is 2.25 bits per heavy atom. The predicted molar refractivity (Wildman–Crippen MR) is 86.1 cm³/mol. The van der Waals surface area contributed by atoms with Crippen LogP contribution in [-0.4, -0.2) is 26.0 Å². The van der Waals surface area contributed by atoms with Crippen LogP contribution in [0.15, 0.2) is 29.0 Å². The topological polar surface area (TPSA) is 46.2 Å². The maximum absolute atomic E-state index is 11.6. The van der Waals surface area contributed by atoms with Crippen molar-refractivity contribution in [3.05, 3.63) is 33.8 Å². The SMILES string of the molecule is O=S1(=O)CCCC(NCc2cc(-c3cccs3)cs2)C1. The summed E-state index contributed by atoms with van der Waals surface area (Å²) in [4.78, 5) is 2.55. The van der Waals surface area contributed by atoms with E-state index in [2.05, 4.69) is 34.3 Å². The minimum absolute atomic E-state index is 0.112. The molecule has 0 aromatic carbocycles. The van der Waals surface area contributed by atoms with Gasteiger partial charge in [-0.15, -0.1) is 22.7 Å². The van der Waals surface area contributed by atoms with Crippen LogP contribution in [0.5, 0.6) is 0 Å². The van der Waals surface area contributed by atoms with Crippen LogP contribution < -0.4 is 5.32 Å². The van der Waals surface area contributed by atoms with Crippen molar-refractivity contribution in [3.8, 4) is 10.4 Å². The van der Waals surface area contributed by atoms with E-state index in [1.165, 1.54) is 15.3 Å². The Morgan fingerprint density at radius 1 is 1.35 bits per heavy atom. The van der Waals surface area contributed by atoms with E-state index in [9.17, 15) is 8.42 Å². The second-order valence-electron chi connectivity index (χ2n) is 5.11. The van der Waals surface area contributed by atoms with Crippen molar-refractivity contribution in [2.75, 3.05) is 11.5 Å². The molecule has 1 fully saturated rings. The lowest BCUT2D eigenvalue weighted by Crippen LogP contribution is -2.39. The van der Waals surface area contributed by atoms with Crippen LogP contribution >= 0.6 is 22.7 Å². The van der Waals surface area contributed by atoms with Gasteiger partial charge < -0.3 is 5.32 Å². The molecule has 1 unspecified atom stereocenters. The van der Waals surface area contributed by atoms with Gasteiger partial charge in [0, 0.05) is 27.9 Å². The Balaban J connectivity index is 1.59. The lowest BCUT2D eigenvalue weighted by Gasteiger charge is -2.22. The molecular weight excluding hydrogens is 310 g/mol. The van der Waals surface area contributed by atoms with Crippen LogP contribution in [0.1, 0.15) is 17.7 Å². The summed E-state index contributed by atoms with van der Waals surface area (Å²) in [6.45, 7) is 0.760. The number of sulfone groups is 1. The highest BCUT2D eigenvalue weighted by molar-refractivity contribution is 7.91. The van der Waals surface area contributed by atoms with E-state index in [0.29, 0.717) is 5.75 Å². The van der Waals surface area contributed by atoms with Gasteiger partial charge in [-0.25, -0.2) is 8.42 Å². The smallest absolute Gasteiger partial charge is 0.151 e. The molecular formula is C14H17NO2S3. The molecule has 20 heavy (non-hydrogen) atoms. The lowest BCUT2D eigenvalue weighted by atomic mass is 10.2. The monoisotopic (exact) mass is 327 g/mol. The van der Waals surface area contributed by atoms with Gasteiger partial charge in [0.1, 0.15) is 0 Å². The molecule has 0 aliphatic carbocycles. The molecule has 0 amide bonds. The zero-order valence-corrected chi connectivity index (χ0v) is 13.5. The quantitative estimate of drug-likeness (QED) is 0.938. The molecule has 0 radical (unpaired) electrons. The predicted octanol–water partition coefficient (Wildman–Crippen LogP) is 3.14. The Labute approximate surface area is 127 Å². The number of hydrogen-bond acceptors (Lipinski definition) is 5. The summed E-state index contributed by atoms with van der Waals surface area (Å²) in [6, 6.07) is 6.49. The average Bonchev–Trinajstić information content (AvgIpc) is 3.06. The molecule has 2 aromatic rings. The van der Waals surface area contributed by atoms with E-state index >= 15 is 0 Å². The van der Waals surface area contributed by atoms with Crippen LogP contribution in [0.2, 0.25) is 0 Å². The third kappa shape index (κ3) is 3.49. The van der Waals surface area contributed by atoms with Gasteiger partial charge in [-0.1, -0.05) is 6.07 Å². The largest absolute Gasteiger partial charge is 0.308 e. The van der Waals surface area contributed by atoms with Gasteiger partial charge in [0.15, 0.2) is 9.84 Å². The number of hydrogen-bond donors (Lipinski definition) is 1. The summed E-state index contributed by atoms with van der Waals surface area (Å²) >= 11 is 3.47. The van der Waals surface area contributed by atoms with Crippen LogP contribution in [-0.2, 0) is 16.4 Å². The van der Waals surface area contributed by atoms with Gasteiger partial charge in [-0.05, 0) is 35.7 Å². The molecule has 1 saturated heterocycles. The van der Waals surface area contributed by atoms with Gasteiger partial charge in [-0.3, -0.25) is 0 Å². The first-order valence-electron chi connectivity index (χ1n) is 6.67. The van der Waals surface area contributed by atoms with Crippen molar-refractivity contribution in [1.82, 2.24) is 5.32 Å². The fourth-order valence-corrected chi connectivity index (χ4v) is 5.77. The van der Waals surface area contributed by atoms with E-state index in [4.69, 9.17) is 0 Å². The minimum atomic E-state index is -2.82. The Bertz CT molecular complexity index is 658. The highest BCUT2D eigenvalue weighted by Crippen LogP contribution is 2.29. The Hall–Kier alpha value is -0.690. The molecule has 1 atom stereocenters. The van der Waals surface area contributed by atoms with Crippen LogP contribution in [0, 0.1) is 0 Å². The van der Waals surface area contributed by atoms with Crippen molar-refractivity contribution in [2.24, 2.45) is 0 Å². The molecule has 0 bridgehead atoms. The van der Waals surface area contributed by atoms with E-state index in [-0.39, 0.29) is 11.8 Å². The standard InChI is InChI=1S/C14H17NO2S3/c16-20(17)6-2-3-12(10-20)15-8-13-7-11(9-19-13)14-4-1-5-18-14/h1,4-5,7,9,12,15H,2-3,6,8,10H2. The molecule has 6 heteroatoms. The van der Waals surface area contributed by atoms with Crippen molar-refractivity contribution >= 4 is 32.5 Å². The maximum atomic E-state index is 11.6. The molecule has 1 aliphatic heterocycles. The molecule has 0 spiro atoms. The summed E-state index contributed by atoms with van der Waals surface area (Å²) < 4.78 is 23.2. The Morgan fingerprint density at radius 3 is 3.00 bits per heavy atom. The minimum Gasteiger partial charge on any atom is -0.308 e. The fraction of sp³-hybridized carbons (Fsp3) is 0.429.